The topological polar surface area (TPSA) is 115 Å². The Morgan fingerprint density at radius 3 is 2.85 bits per heavy atom. The van der Waals surface area contributed by atoms with Crippen LogP contribution in [0.25, 0.3) is 0 Å². The number of primary amides is 1. The lowest BCUT2D eigenvalue weighted by Gasteiger charge is -2.29. The number of morpholine rings is 1. The maximum Gasteiger partial charge on any atom is 0.250 e. The molecular formula is C25H28N6O3. The van der Waals surface area contributed by atoms with E-state index in [1.807, 2.05) is 49.4 Å². The molecule has 0 spiro atoms. The molecule has 1 aliphatic heterocycles. The highest BCUT2D eigenvalue weighted by atomic mass is 16.5. The van der Waals surface area contributed by atoms with Crippen molar-refractivity contribution in [3.8, 4) is 5.88 Å². The maximum atomic E-state index is 11.7. The van der Waals surface area contributed by atoms with E-state index in [0.717, 1.165) is 30.0 Å². The van der Waals surface area contributed by atoms with Crippen molar-refractivity contribution in [2.75, 3.05) is 43.2 Å². The summed E-state index contributed by atoms with van der Waals surface area (Å²) in [4.78, 5) is 22.9. The second kappa shape index (κ2) is 11.2. The third-order valence-corrected chi connectivity index (χ3v) is 5.34. The molecule has 176 valence electrons. The summed E-state index contributed by atoms with van der Waals surface area (Å²) >= 11 is 0. The molecule has 3 heterocycles. The zero-order valence-electron chi connectivity index (χ0n) is 19.1. The van der Waals surface area contributed by atoms with E-state index in [0.29, 0.717) is 49.1 Å². The standard InChI is InChI=1S/C25H28N6O3/c1-18-5-6-22(25(26)32)23(14-18)30-28-17-20-15-21(31-9-12-33-13-10-31)16-24(29-20)34-11-7-19-4-2-3-8-27-19/h2-6,8,14-17,30H,7,9-13H2,1H3,(H2,26,32)/b28-17-. The van der Waals surface area contributed by atoms with Crippen LogP contribution < -0.4 is 20.8 Å². The second-order valence-corrected chi connectivity index (χ2v) is 7.89. The largest absolute Gasteiger partial charge is 0.477 e. The van der Waals surface area contributed by atoms with Crippen molar-refractivity contribution in [2.24, 2.45) is 10.8 Å². The molecule has 34 heavy (non-hydrogen) atoms. The average Bonchev–Trinajstić information content (AvgIpc) is 2.85. The number of carbonyl (C=O) groups excluding carboxylic acids is 1. The Hall–Kier alpha value is -3.98. The zero-order valence-corrected chi connectivity index (χ0v) is 19.1. The fourth-order valence-electron chi connectivity index (χ4n) is 3.60. The Morgan fingerprint density at radius 2 is 2.09 bits per heavy atom. The second-order valence-electron chi connectivity index (χ2n) is 7.89. The Labute approximate surface area is 198 Å². The molecular weight excluding hydrogens is 432 g/mol. The van der Waals surface area contributed by atoms with Gasteiger partial charge in [0.05, 0.1) is 43.0 Å². The predicted molar refractivity (Wildman–Crippen MR) is 132 cm³/mol. The number of nitrogens with zero attached hydrogens (tertiary/aromatic N) is 4. The van der Waals surface area contributed by atoms with Gasteiger partial charge in [-0.05, 0) is 42.8 Å². The Bertz CT molecular complexity index is 1150. The van der Waals surface area contributed by atoms with Crippen LogP contribution in [0.15, 0.2) is 59.8 Å². The van der Waals surface area contributed by atoms with Crippen LogP contribution in [0, 0.1) is 6.92 Å². The van der Waals surface area contributed by atoms with Crippen molar-refractivity contribution in [1.29, 1.82) is 0 Å². The number of amides is 1. The molecule has 1 amide bonds. The molecule has 9 heteroatoms. The van der Waals surface area contributed by atoms with E-state index >= 15 is 0 Å². The molecule has 4 rings (SSSR count). The van der Waals surface area contributed by atoms with E-state index in [4.69, 9.17) is 15.2 Å². The van der Waals surface area contributed by atoms with Gasteiger partial charge in [0.1, 0.15) is 0 Å². The summed E-state index contributed by atoms with van der Waals surface area (Å²) in [5.41, 5.74) is 12.9. The third kappa shape index (κ3) is 6.29. The first-order valence-electron chi connectivity index (χ1n) is 11.2. The number of hydrogen-bond acceptors (Lipinski definition) is 8. The molecule has 3 N–H and O–H groups in total. The molecule has 0 bridgehead atoms. The molecule has 0 aliphatic carbocycles. The van der Waals surface area contributed by atoms with Gasteiger partial charge in [-0.25, -0.2) is 4.98 Å². The number of aromatic nitrogens is 2. The van der Waals surface area contributed by atoms with Crippen molar-refractivity contribution in [1.82, 2.24) is 9.97 Å². The van der Waals surface area contributed by atoms with E-state index in [1.54, 1.807) is 18.5 Å². The number of carbonyl (C=O) groups is 1. The van der Waals surface area contributed by atoms with Gasteiger partial charge in [-0.1, -0.05) is 12.1 Å². The summed E-state index contributed by atoms with van der Waals surface area (Å²) < 4.78 is 11.4. The minimum atomic E-state index is -0.520. The highest BCUT2D eigenvalue weighted by Gasteiger charge is 2.14. The van der Waals surface area contributed by atoms with Crippen molar-refractivity contribution >= 4 is 23.5 Å². The van der Waals surface area contributed by atoms with Gasteiger partial charge in [0, 0.05) is 43.2 Å². The summed E-state index contributed by atoms with van der Waals surface area (Å²) in [7, 11) is 0. The van der Waals surface area contributed by atoms with Crippen LogP contribution >= 0.6 is 0 Å². The van der Waals surface area contributed by atoms with E-state index < -0.39 is 5.91 Å². The number of ether oxygens (including phenoxy) is 2. The molecule has 1 saturated heterocycles. The normalized spacial score (nSPS) is 13.7. The fraction of sp³-hybridized carbons (Fsp3) is 0.280. The van der Waals surface area contributed by atoms with Crippen LogP contribution in [0.2, 0.25) is 0 Å². The molecule has 3 aromatic rings. The van der Waals surface area contributed by atoms with Crippen LogP contribution in [0.5, 0.6) is 5.88 Å². The van der Waals surface area contributed by atoms with E-state index in [9.17, 15) is 4.79 Å². The number of hydrogen-bond donors (Lipinski definition) is 2. The Morgan fingerprint density at radius 1 is 1.24 bits per heavy atom. The number of nitrogens with two attached hydrogens (primary N) is 1. The molecule has 9 nitrogen and oxygen atoms in total. The number of hydrazone groups is 1. The van der Waals surface area contributed by atoms with Gasteiger partial charge < -0.3 is 20.1 Å². The number of rotatable bonds is 9. The van der Waals surface area contributed by atoms with Gasteiger partial charge in [-0.3, -0.25) is 15.2 Å². The van der Waals surface area contributed by atoms with Gasteiger partial charge in [0.15, 0.2) is 0 Å². The molecule has 0 saturated carbocycles. The van der Waals surface area contributed by atoms with Gasteiger partial charge in [0.2, 0.25) is 5.88 Å². The van der Waals surface area contributed by atoms with Crippen molar-refractivity contribution in [3.05, 3.63) is 77.2 Å². The SMILES string of the molecule is Cc1ccc(C(N)=O)c(N/N=C\c2cc(N3CCOCC3)cc(OCCc3ccccn3)n2)c1. The molecule has 0 atom stereocenters. The van der Waals surface area contributed by atoms with E-state index in [2.05, 4.69) is 25.4 Å². The molecule has 0 radical (unpaired) electrons. The van der Waals surface area contributed by atoms with Crippen LogP contribution in [0.1, 0.15) is 27.3 Å². The Kier molecular flexibility index (Phi) is 7.67. The summed E-state index contributed by atoms with van der Waals surface area (Å²) in [6.45, 7) is 5.31. The minimum absolute atomic E-state index is 0.372. The molecule has 2 aromatic heterocycles. The van der Waals surface area contributed by atoms with Gasteiger partial charge in [-0.15, -0.1) is 0 Å². The lowest BCUT2D eigenvalue weighted by molar-refractivity contribution is 0.100. The zero-order chi connectivity index (χ0) is 23.8. The van der Waals surface area contributed by atoms with Crippen molar-refractivity contribution in [3.63, 3.8) is 0 Å². The van der Waals surface area contributed by atoms with Gasteiger partial charge in [0.25, 0.3) is 5.91 Å². The molecule has 1 aromatic carbocycles. The molecule has 0 unspecified atom stereocenters. The number of nitrogens with one attached hydrogen (secondary N) is 1. The average molecular weight is 461 g/mol. The predicted octanol–water partition coefficient (Wildman–Crippen LogP) is 2.79. The fourth-order valence-corrected chi connectivity index (χ4v) is 3.60. The highest BCUT2D eigenvalue weighted by Crippen LogP contribution is 2.22. The number of aryl methyl sites for hydroxylation is 1. The lowest BCUT2D eigenvalue weighted by atomic mass is 10.1. The molecule has 1 aliphatic rings. The van der Waals surface area contributed by atoms with E-state index in [-0.39, 0.29) is 0 Å². The smallest absolute Gasteiger partial charge is 0.250 e. The quantitative estimate of drug-likeness (QED) is 0.373. The first-order chi connectivity index (χ1) is 16.6. The monoisotopic (exact) mass is 460 g/mol. The van der Waals surface area contributed by atoms with Crippen molar-refractivity contribution in [2.45, 2.75) is 13.3 Å². The number of pyridine rings is 2. The minimum Gasteiger partial charge on any atom is -0.477 e. The summed E-state index contributed by atoms with van der Waals surface area (Å²) in [6.07, 6.45) is 4.05. The first-order valence-corrected chi connectivity index (χ1v) is 11.2. The Balaban J connectivity index is 1.51. The van der Waals surface area contributed by atoms with Crippen LogP contribution in [-0.4, -0.2) is 55.0 Å². The number of anilines is 2. The van der Waals surface area contributed by atoms with Crippen LogP contribution in [0.4, 0.5) is 11.4 Å². The van der Waals surface area contributed by atoms with Crippen LogP contribution in [-0.2, 0) is 11.2 Å². The van der Waals surface area contributed by atoms with Crippen molar-refractivity contribution < 1.29 is 14.3 Å². The molecule has 1 fully saturated rings. The summed E-state index contributed by atoms with van der Waals surface area (Å²) in [5, 5.41) is 4.30. The first kappa shape index (κ1) is 23.2. The number of benzene rings is 1. The van der Waals surface area contributed by atoms with Gasteiger partial charge >= 0.3 is 0 Å². The lowest BCUT2D eigenvalue weighted by Crippen LogP contribution is -2.36. The van der Waals surface area contributed by atoms with E-state index in [1.165, 1.54) is 0 Å². The summed E-state index contributed by atoms with van der Waals surface area (Å²) in [6, 6.07) is 15.0. The summed E-state index contributed by atoms with van der Waals surface area (Å²) in [5.74, 6) is -0.0107. The van der Waals surface area contributed by atoms with Gasteiger partial charge in [-0.2, -0.15) is 5.10 Å². The third-order valence-electron chi connectivity index (χ3n) is 5.34. The maximum absolute atomic E-state index is 11.7. The van der Waals surface area contributed by atoms with Crippen LogP contribution in [0.3, 0.4) is 0 Å². The highest BCUT2D eigenvalue weighted by molar-refractivity contribution is 5.98.